The maximum atomic E-state index is 13.6. The van der Waals surface area contributed by atoms with E-state index in [9.17, 15) is 9.18 Å². The third-order valence-corrected chi connectivity index (χ3v) is 6.19. The molecule has 0 spiro atoms. The summed E-state index contributed by atoms with van der Waals surface area (Å²) in [6.07, 6.45) is 5.86. The fraction of sp³-hybridized carbons (Fsp3) is 0.263. The van der Waals surface area contributed by atoms with E-state index in [0.29, 0.717) is 27.5 Å². The molecule has 1 saturated carbocycles. The molecular formula is C19H16ClFN6OS. The van der Waals surface area contributed by atoms with Crippen LogP contribution < -0.4 is 10.9 Å². The van der Waals surface area contributed by atoms with E-state index in [1.165, 1.54) is 23.5 Å². The summed E-state index contributed by atoms with van der Waals surface area (Å²) in [5, 5.41) is 13.7. The number of aromatic nitrogens is 5. The summed E-state index contributed by atoms with van der Waals surface area (Å²) in [6, 6.07) is 4.13. The number of nitrogens with one attached hydrogen (secondary N) is 2. The second-order valence-corrected chi connectivity index (χ2v) is 8.54. The van der Waals surface area contributed by atoms with Gasteiger partial charge in [0.15, 0.2) is 5.13 Å². The van der Waals surface area contributed by atoms with Crippen molar-refractivity contribution in [3.8, 4) is 5.00 Å². The Morgan fingerprint density at radius 3 is 2.97 bits per heavy atom. The van der Waals surface area contributed by atoms with E-state index in [4.69, 9.17) is 11.6 Å². The quantitative estimate of drug-likeness (QED) is 0.489. The lowest BCUT2D eigenvalue weighted by atomic mass is 10.1. The molecule has 3 heterocycles. The van der Waals surface area contributed by atoms with Crippen LogP contribution in [0.3, 0.4) is 0 Å². The van der Waals surface area contributed by atoms with Gasteiger partial charge in [-0.3, -0.25) is 4.79 Å². The van der Waals surface area contributed by atoms with Crippen LogP contribution in [0.5, 0.6) is 0 Å². The van der Waals surface area contributed by atoms with Crippen LogP contribution in [0.25, 0.3) is 15.9 Å². The molecule has 1 atom stereocenters. The van der Waals surface area contributed by atoms with Crippen molar-refractivity contribution in [1.29, 1.82) is 0 Å². The van der Waals surface area contributed by atoms with E-state index < -0.39 is 5.82 Å². The lowest BCUT2D eigenvalue weighted by molar-refractivity contribution is 0.629. The summed E-state index contributed by atoms with van der Waals surface area (Å²) in [7, 11) is 0. The Hall–Kier alpha value is -2.78. The smallest absolute Gasteiger partial charge is 0.253 e. The average Bonchev–Trinajstić information content (AvgIpc) is 3.22. The maximum Gasteiger partial charge on any atom is 0.253 e. The number of nitrogens with zero attached hydrogens (tertiary/aromatic N) is 4. The van der Waals surface area contributed by atoms with Crippen molar-refractivity contribution < 1.29 is 4.39 Å². The summed E-state index contributed by atoms with van der Waals surface area (Å²) in [4.78, 5) is 19.6. The minimum absolute atomic E-state index is 0.0139. The van der Waals surface area contributed by atoms with Gasteiger partial charge in [0.2, 0.25) is 0 Å². The molecule has 2 N–H and O–H groups in total. The van der Waals surface area contributed by atoms with Crippen molar-refractivity contribution in [2.75, 3.05) is 5.32 Å². The van der Waals surface area contributed by atoms with Crippen molar-refractivity contribution >= 4 is 39.0 Å². The first kappa shape index (κ1) is 18.3. The lowest BCUT2D eigenvalue weighted by Gasteiger charge is -2.13. The van der Waals surface area contributed by atoms with Gasteiger partial charge >= 0.3 is 0 Å². The molecule has 5 rings (SSSR count). The van der Waals surface area contributed by atoms with Crippen LogP contribution in [-0.4, -0.2) is 25.0 Å². The summed E-state index contributed by atoms with van der Waals surface area (Å²) >= 11 is 7.32. The Balaban J connectivity index is 1.42. The van der Waals surface area contributed by atoms with Crippen molar-refractivity contribution in [2.45, 2.75) is 31.7 Å². The Morgan fingerprint density at radius 2 is 2.17 bits per heavy atom. The van der Waals surface area contributed by atoms with Crippen LogP contribution in [0.4, 0.5) is 9.52 Å². The highest BCUT2D eigenvalue weighted by Gasteiger charge is 2.28. The Kier molecular flexibility index (Phi) is 4.36. The topological polar surface area (TPSA) is 88.5 Å². The van der Waals surface area contributed by atoms with E-state index in [1.807, 2.05) is 11.6 Å². The van der Waals surface area contributed by atoms with Crippen molar-refractivity contribution in [3.63, 3.8) is 0 Å². The number of halogens is 2. The molecule has 0 unspecified atom stereocenters. The van der Waals surface area contributed by atoms with Crippen LogP contribution >= 0.6 is 22.9 Å². The first-order valence-corrected chi connectivity index (χ1v) is 10.3. The molecule has 10 heteroatoms. The minimum atomic E-state index is -0.567. The number of pyridine rings is 1. The third kappa shape index (κ3) is 3.40. The zero-order chi connectivity index (χ0) is 20.1. The second kappa shape index (κ2) is 6.93. The molecule has 4 aromatic rings. The van der Waals surface area contributed by atoms with Crippen LogP contribution in [0.2, 0.25) is 5.02 Å². The highest BCUT2D eigenvalue weighted by Crippen LogP contribution is 2.41. The molecular weight excluding hydrogens is 415 g/mol. The van der Waals surface area contributed by atoms with Gasteiger partial charge in [-0.2, -0.15) is 0 Å². The van der Waals surface area contributed by atoms with Crippen molar-refractivity contribution in [3.05, 3.63) is 63.0 Å². The van der Waals surface area contributed by atoms with Gasteiger partial charge in [0, 0.05) is 16.9 Å². The Bertz CT molecular complexity index is 1280. The average molecular weight is 431 g/mol. The zero-order valence-electron chi connectivity index (χ0n) is 15.3. The molecule has 148 valence electrons. The predicted octanol–water partition coefficient (Wildman–Crippen LogP) is 4.41. The van der Waals surface area contributed by atoms with Gasteiger partial charge in [0.25, 0.3) is 5.56 Å². The summed E-state index contributed by atoms with van der Waals surface area (Å²) in [5.41, 5.74) is 1.73. The number of hydrogen-bond donors (Lipinski definition) is 2. The number of anilines is 1. The Labute approximate surface area is 173 Å². The van der Waals surface area contributed by atoms with E-state index in [1.54, 1.807) is 18.5 Å². The summed E-state index contributed by atoms with van der Waals surface area (Å²) in [5.74, 6) is -0.0435. The van der Waals surface area contributed by atoms with Crippen LogP contribution in [-0.2, 0) is 0 Å². The van der Waals surface area contributed by atoms with Gasteiger partial charge in [0.1, 0.15) is 10.8 Å². The number of fused-ring (bicyclic) bond motifs is 1. The number of rotatable bonds is 5. The van der Waals surface area contributed by atoms with Crippen LogP contribution in [0.15, 0.2) is 35.4 Å². The first-order chi connectivity index (χ1) is 14.0. The van der Waals surface area contributed by atoms with E-state index in [0.717, 1.165) is 23.5 Å². The molecule has 0 aliphatic heterocycles. The number of hydrogen-bond acceptors (Lipinski definition) is 6. The molecule has 3 aromatic heterocycles. The molecule has 1 aliphatic rings. The molecule has 1 aromatic carbocycles. The van der Waals surface area contributed by atoms with Crippen LogP contribution in [0, 0.1) is 5.82 Å². The fourth-order valence-corrected chi connectivity index (χ4v) is 4.35. The highest BCUT2D eigenvalue weighted by atomic mass is 35.5. The second-order valence-electron chi connectivity index (χ2n) is 7.12. The molecule has 1 aliphatic carbocycles. The van der Waals surface area contributed by atoms with Gasteiger partial charge < -0.3 is 10.3 Å². The summed E-state index contributed by atoms with van der Waals surface area (Å²) < 4.78 is 15.5. The first-order valence-electron chi connectivity index (χ1n) is 9.15. The molecule has 0 saturated heterocycles. The molecule has 1 fully saturated rings. The Morgan fingerprint density at radius 1 is 1.34 bits per heavy atom. The van der Waals surface area contributed by atoms with Crippen LogP contribution in [0.1, 0.15) is 43.0 Å². The molecule has 7 nitrogen and oxygen atoms in total. The number of benzene rings is 1. The largest absolute Gasteiger partial charge is 0.355 e. The van der Waals surface area contributed by atoms with Crippen molar-refractivity contribution in [1.82, 2.24) is 25.0 Å². The molecule has 29 heavy (non-hydrogen) atoms. The third-order valence-electron chi connectivity index (χ3n) is 4.99. The fourth-order valence-electron chi connectivity index (χ4n) is 3.30. The molecule has 0 bridgehead atoms. The maximum absolute atomic E-state index is 13.6. The van der Waals surface area contributed by atoms with Gasteiger partial charge in [0.05, 0.1) is 34.7 Å². The van der Waals surface area contributed by atoms with E-state index >= 15 is 0 Å². The monoisotopic (exact) mass is 430 g/mol. The predicted molar refractivity (Wildman–Crippen MR) is 111 cm³/mol. The SMILES string of the molecule is C[C@H](Nc1ncc(-n2nncc2C2CC2)s1)c1cc2cc(Cl)c(F)cc2[nH]c1=O. The number of aromatic amines is 1. The van der Waals surface area contributed by atoms with Gasteiger partial charge in [-0.15, -0.1) is 5.10 Å². The minimum Gasteiger partial charge on any atom is -0.355 e. The van der Waals surface area contributed by atoms with E-state index in [2.05, 4.69) is 25.6 Å². The molecule has 0 amide bonds. The summed E-state index contributed by atoms with van der Waals surface area (Å²) in [6.45, 7) is 1.87. The molecule has 0 radical (unpaired) electrons. The van der Waals surface area contributed by atoms with Gasteiger partial charge in [-0.05, 0) is 38.0 Å². The highest BCUT2D eigenvalue weighted by molar-refractivity contribution is 7.17. The normalized spacial score (nSPS) is 15.0. The van der Waals surface area contributed by atoms with Gasteiger partial charge in [-0.25, -0.2) is 14.1 Å². The number of H-pyrrole nitrogens is 1. The zero-order valence-corrected chi connectivity index (χ0v) is 16.9. The lowest BCUT2D eigenvalue weighted by Crippen LogP contribution is -2.19. The van der Waals surface area contributed by atoms with E-state index in [-0.39, 0.29) is 16.6 Å². The van der Waals surface area contributed by atoms with Gasteiger partial charge in [-0.1, -0.05) is 28.2 Å². The number of thiazole rings is 1. The van der Waals surface area contributed by atoms with Crippen molar-refractivity contribution in [2.24, 2.45) is 0 Å². The standard InChI is InChI=1S/C19H16ClFN6OS/c1-9(12-4-11-5-13(20)14(21)6-15(11)25-18(12)28)24-19-22-8-17(29-19)27-16(7-23-26-27)10-2-3-10/h4-10H,2-3H2,1H3,(H,22,24)(H,25,28)/t9-/m0/s1.